The smallest absolute Gasteiger partial charge is 0.307 e. The average molecular weight is 343 g/mol. The Morgan fingerprint density at radius 1 is 1.20 bits per heavy atom. The molecule has 3 rings (SSSR count). The summed E-state index contributed by atoms with van der Waals surface area (Å²) in [6, 6.07) is 0. The van der Waals surface area contributed by atoms with Gasteiger partial charge in [-0.1, -0.05) is 0 Å². The molecular formula is C16H21N7O2. The number of aromatic nitrogens is 5. The van der Waals surface area contributed by atoms with Gasteiger partial charge in [0.1, 0.15) is 5.69 Å². The molecule has 3 heterocycles. The molecule has 0 radical (unpaired) electrons. The van der Waals surface area contributed by atoms with E-state index in [4.69, 9.17) is 10.5 Å². The standard InChI is InChI=1S/C16H21N7O2/c1-21-10-13(8-19-21)12-7-18-16-14(9-20-23(16)11-12)22(6-4-17)5-3-15(24)25-2/h7-11H,3-6,17H2,1-2H3. The molecule has 0 saturated heterocycles. The van der Waals surface area contributed by atoms with Crippen LogP contribution in [0.2, 0.25) is 0 Å². The van der Waals surface area contributed by atoms with E-state index in [9.17, 15) is 4.79 Å². The van der Waals surface area contributed by atoms with E-state index in [1.807, 2.05) is 24.3 Å². The number of aryl methyl sites for hydroxylation is 1. The van der Waals surface area contributed by atoms with Crippen LogP contribution in [-0.4, -0.2) is 57.1 Å². The molecule has 0 aliphatic rings. The number of fused-ring (bicyclic) bond motifs is 1. The van der Waals surface area contributed by atoms with Gasteiger partial charge in [-0.2, -0.15) is 10.2 Å². The molecule has 25 heavy (non-hydrogen) atoms. The quantitative estimate of drug-likeness (QED) is 0.621. The Balaban J connectivity index is 1.89. The van der Waals surface area contributed by atoms with E-state index in [2.05, 4.69) is 15.2 Å². The van der Waals surface area contributed by atoms with Crippen LogP contribution in [0, 0.1) is 0 Å². The van der Waals surface area contributed by atoms with Gasteiger partial charge in [-0.05, 0) is 0 Å². The monoisotopic (exact) mass is 343 g/mol. The Morgan fingerprint density at radius 3 is 2.68 bits per heavy atom. The largest absolute Gasteiger partial charge is 0.469 e. The van der Waals surface area contributed by atoms with Gasteiger partial charge < -0.3 is 15.4 Å². The van der Waals surface area contributed by atoms with Crippen LogP contribution in [0.4, 0.5) is 5.69 Å². The summed E-state index contributed by atoms with van der Waals surface area (Å²) in [5.41, 5.74) is 9.16. The maximum Gasteiger partial charge on any atom is 0.307 e. The zero-order chi connectivity index (χ0) is 17.8. The number of rotatable bonds is 7. The normalized spacial score (nSPS) is 11.0. The minimum absolute atomic E-state index is 0.259. The molecule has 2 N–H and O–H groups in total. The summed E-state index contributed by atoms with van der Waals surface area (Å²) in [5, 5.41) is 8.56. The number of ether oxygens (including phenoxy) is 1. The van der Waals surface area contributed by atoms with Gasteiger partial charge in [0.25, 0.3) is 0 Å². The third-order valence-corrected chi connectivity index (χ3v) is 3.93. The molecule has 0 atom stereocenters. The van der Waals surface area contributed by atoms with E-state index >= 15 is 0 Å². The summed E-state index contributed by atoms with van der Waals surface area (Å²) < 4.78 is 8.17. The number of hydrogen-bond donors (Lipinski definition) is 1. The number of nitrogens with zero attached hydrogens (tertiary/aromatic N) is 6. The van der Waals surface area contributed by atoms with E-state index < -0.39 is 0 Å². The van der Waals surface area contributed by atoms with Crippen molar-refractivity contribution in [3.8, 4) is 11.1 Å². The predicted octanol–water partition coefficient (Wildman–Crippen LogP) is 0.458. The van der Waals surface area contributed by atoms with Crippen LogP contribution >= 0.6 is 0 Å². The van der Waals surface area contributed by atoms with Crippen LogP contribution < -0.4 is 10.6 Å². The molecular weight excluding hydrogens is 322 g/mol. The first kappa shape index (κ1) is 16.9. The minimum atomic E-state index is -0.259. The molecule has 0 unspecified atom stereocenters. The van der Waals surface area contributed by atoms with Crippen molar-refractivity contribution in [2.75, 3.05) is 31.6 Å². The summed E-state index contributed by atoms with van der Waals surface area (Å²) in [6.07, 6.45) is 9.42. The number of hydrogen-bond acceptors (Lipinski definition) is 7. The highest BCUT2D eigenvalue weighted by atomic mass is 16.5. The van der Waals surface area contributed by atoms with Gasteiger partial charge >= 0.3 is 5.97 Å². The summed E-state index contributed by atoms with van der Waals surface area (Å²) in [6.45, 7) is 1.56. The van der Waals surface area contributed by atoms with Crippen molar-refractivity contribution in [3.05, 3.63) is 31.0 Å². The Hall–Kier alpha value is -2.94. The van der Waals surface area contributed by atoms with Gasteiger partial charge in [-0.15, -0.1) is 0 Å². The van der Waals surface area contributed by atoms with Gasteiger partial charge in [0, 0.05) is 56.4 Å². The first-order chi connectivity index (χ1) is 12.1. The maximum absolute atomic E-state index is 11.4. The van der Waals surface area contributed by atoms with Crippen molar-refractivity contribution in [1.29, 1.82) is 0 Å². The molecule has 0 fully saturated rings. The molecule has 9 heteroatoms. The molecule has 3 aromatic rings. The number of methoxy groups -OCH3 is 1. The molecule has 132 valence electrons. The van der Waals surface area contributed by atoms with E-state index in [1.54, 1.807) is 27.8 Å². The van der Waals surface area contributed by atoms with Crippen LogP contribution in [0.15, 0.2) is 31.0 Å². The molecule has 0 bridgehead atoms. The zero-order valence-electron chi connectivity index (χ0n) is 14.3. The molecule has 3 aromatic heterocycles. The number of carbonyl (C=O) groups is 1. The lowest BCUT2D eigenvalue weighted by Gasteiger charge is -2.21. The highest BCUT2D eigenvalue weighted by Crippen LogP contribution is 2.23. The van der Waals surface area contributed by atoms with Crippen molar-refractivity contribution in [1.82, 2.24) is 24.4 Å². The van der Waals surface area contributed by atoms with Gasteiger partial charge in [0.2, 0.25) is 0 Å². The molecule has 0 saturated carbocycles. The topological polar surface area (TPSA) is 104 Å². The number of nitrogens with two attached hydrogens (primary N) is 1. The Morgan fingerprint density at radius 2 is 2.00 bits per heavy atom. The SMILES string of the molecule is COC(=O)CCN(CCN)c1cnn2cc(-c3cnn(C)c3)cnc12. The Labute approximate surface area is 145 Å². The van der Waals surface area contributed by atoms with Crippen molar-refractivity contribution in [2.24, 2.45) is 12.8 Å². The number of esters is 1. The Kier molecular flexibility index (Phi) is 4.94. The average Bonchev–Trinajstić information content (AvgIpc) is 3.24. The van der Waals surface area contributed by atoms with Crippen molar-refractivity contribution >= 4 is 17.3 Å². The van der Waals surface area contributed by atoms with E-state index in [0.29, 0.717) is 25.3 Å². The van der Waals surface area contributed by atoms with Crippen LogP contribution in [0.1, 0.15) is 6.42 Å². The third-order valence-electron chi connectivity index (χ3n) is 3.93. The lowest BCUT2D eigenvalue weighted by Crippen LogP contribution is -2.31. The van der Waals surface area contributed by atoms with E-state index in [0.717, 1.165) is 16.8 Å². The van der Waals surface area contributed by atoms with Crippen molar-refractivity contribution in [2.45, 2.75) is 6.42 Å². The van der Waals surface area contributed by atoms with E-state index in [1.165, 1.54) is 7.11 Å². The maximum atomic E-state index is 11.4. The van der Waals surface area contributed by atoms with Gasteiger partial charge in [-0.25, -0.2) is 9.50 Å². The molecule has 0 aromatic carbocycles. The zero-order valence-corrected chi connectivity index (χ0v) is 14.3. The van der Waals surface area contributed by atoms with Crippen LogP contribution in [0.3, 0.4) is 0 Å². The second-order valence-corrected chi connectivity index (χ2v) is 5.65. The molecule has 0 aliphatic heterocycles. The number of carbonyl (C=O) groups excluding carboxylic acids is 1. The second kappa shape index (κ2) is 7.31. The fraction of sp³-hybridized carbons (Fsp3) is 0.375. The summed E-state index contributed by atoms with van der Waals surface area (Å²) in [5.74, 6) is -0.259. The lowest BCUT2D eigenvalue weighted by atomic mass is 10.2. The second-order valence-electron chi connectivity index (χ2n) is 5.65. The lowest BCUT2D eigenvalue weighted by molar-refractivity contribution is -0.140. The van der Waals surface area contributed by atoms with Gasteiger partial charge in [0.05, 0.1) is 25.9 Å². The van der Waals surface area contributed by atoms with Crippen molar-refractivity contribution in [3.63, 3.8) is 0 Å². The highest BCUT2D eigenvalue weighted by Gasteiger charge is 2.15. The molecule has 0 spiro atoms. The predicted molar refractivity (Wildman–Crippen MR) is 93.1 cm³/mol. The first-order valence-corrected chi connectivity index (χ1v) is 7.96. The fourth-order valence-corrected chi connectivity index (χ4v) is 2.64. The van der Waals surface area contributed by atoms with Gasteiger partial charge in [-0.3, -0.25) is 9.48 Å². The highest BCUT2D eigenvalue weighted by molar-refractivity contribution is 5.73. The molecule has 0 aliphatic carbocycles. The van der Waals surface area contributed by atoms with Crippen LogP contribution in [0.5, 0.6) is 0 Å². The summed E-state index contributed by atoms with van der Waals surface area (Å²) >= 11 is 0. The number of anilines is 1. The third kappa shape index (κ3) is 3.61. The summed E-state index contributed by atoms with van der Waals surface area (Å²) in [4.78, 5) is 18.0. The van der Waals surface area contributed by atoms with Crippen molar-refractivity contribution < 1.29 is 9.53 Å². The Bertz CT molecular complexity index is 870. The van der Waals surface area contributed by atoms with Gasteiger partial charge in [0.15, 0.2) is 5.65 Å². The van der Waals surface area contributed by atoms with Crippen LogP contribution in [-0.2, 0) is 16.6 Å². The fourth-order valence-electron chi connectivity index (χ4n) is 2.64. The van der Waals surface area contributed by atoms with E-state index in [-0.39, 0.29) is 12.4 Å². The molecule has 9 nitrogen and oxygen atoms in total. The van der Waals surface area contributed by atoms with Crippen LogP contribution in [0.25, 0.3) is 16.8 Å². The summed E-state index contributed by atoms with van der Waals surface area (Å²) in [7, 11) is 3.25. The molecule has 0 amide bonds. The minimum Gasteiger partial charge on any atom is -0.469 e. The first-order valence-electron chi connectivity index (χ1n) is 7.96.